The Bertz CT molecular complexity index is 1010. The van der Waals surface area contributed by atoms with Gasteiger partial charge in [0.15, 0.2) is 6.10 Å². The summed E-state index contributed by atoms with van der Waals surface area (Å²) in [6.45, 7) is 0.125. The molecule has 0 spiro atoms. The van der Waals surface area contributed by atoms with Gasteiger partial charge in [-0.1, -0.05) is 61.4 Å². The third kappa shape index (κ3) is 5.56. The highest BCUT2D eigenvalue weighted by molar-refractivity contribution is 5.82. The molecular weight excluding hydrogens is 436 g/mol. The van der Waals surface area contributed by atoms with Crippen LogP contribution in [0.2, 0.25) is 0 Å². The molecule has 2 unspecified atom stereocenters. The summed E-state index contributed by atoms with van der Waals surface area (Å²) in [5, 5.41) is 14.6. The minimum Gasteiger partial charge on any atom is -0.481 e. The molecule has 8 nitrogen and oxygen atoms in total. The van der Waals surface area contributed by atoms with Gasteiger partial charge in [0.2, 0.25) is 0 Å². The van der Waals surface area contributed by atoms with Crippen LogP contribution in [0.25, 0.3) is 11.1 Å². The zero-order valence-electron chi connectivity index (χ0n) is 19.2. The van der Waals surface area contributed by atoms with Gasteiger partial charge in [0, 0.05) is 19.6 Å². The molecule has 180 valence electrons. The predicted octanol–water partition coefficient (Wildman–Crippen LogP) is 3.16. The maximum atomic E-state index is 12.4. The van der Waals surface area contributed by atoms with Crippen LogP contribution in [-0.2, 0) is 19.1 Å². The average molecular weight is 467 g/mol. The summed E-state index contributed by atoms with van der Waals surface area (Å²) in [6, 6.07) is 16.1. The van der Waals surface area contributed by atoms with Gasteiger partial charge in [0.1, 0.15) is 6.61 Å². The molecule has 2 aliphatic carbocycles. The zero-order chi connectivity index (χ0) is 24.1. The molecule has 0 saturated heterocycles. The number of carboxylic acids is 1. The number of carbonyl (C=O) groups excluding carboxylic acids is 2. The molecule has 8 heteroatoms. The number of methoxy groups -OCH3 is 1. The Hall–Kier alpha value is -3.39. The van der Waals surface area contributed by atoms with Crippen molar-refractivity contribution in [2.24, 2.45) is 11.8 Å². The highest BCUT2D eigenvalue weighted by Crippen LogP contribution is 2.44. The quantitative estimate of drug-likeness (QED) is 0.469. The fourth-order valence-electron chi connectivity index (χ4n) is 4.47. The van der Waals surface area contributed by atoms with E-state index in [4.69, 9.17) is 9.47 Å². The molecular formula is C26H30N2O6. The molecule has 0 radical (unpaired) electrons. The number of carboxylic acid groups (broad SMARTS) is 1. The number of alkyl carbamates (subject to hydrolysis) is 1. The first-order valence-electron chi connectivity index (χ1n) is 11.6. The second kappa shape index (κ2) is 10.7. The van der Waals surface area contributed by atoms with E-state index in [1.807, 2.05) is 36.4 Å². The molecule has 0 aromatic heterocycles. The minimum atomic E-state index is -0.948. The second-order valence-corrected chi connectivity index (χ2v) is 8.89. The normalized spacial score (nSPS) is 16.1. The van der Waals surface area contributed by atoms with Crippen LogP contribution >= 0.6 is 0 Å². The van der Waals surface area contributed by atoms with Crippen molar-refractivity contribution in [3.8, 4) is 11.1 Å². The van der Waals surface area contributed by atoms with Crippen LogP contribution in [0.4, 0.5) is 4.79 Å². The number of nitrogens with one attached hydrogen (secondary N) is 2. The number of hydrogen-bond donors (Lipinski definition) is 3. The van der Waals surface area contributed by atoms with Gasteiger partial charge in [-0.25, -0.2) is 4.79 Å². The largest absolute Gasteiger partial charge is 0.481 e. The van der Waals surface area contributed by atoms with Crippen LogP contribution < -0.4 is 10.6 Å². The fraction of sp³-hybridized carbons (Fsp3) is 0.423. The monoisotopic (exact) mass is 466 g/mol. The summed E-state index contributed by atoms with van der Waals surface area (Å²) in [5.41, 5.74) is 4.52. The molecule has 0 aliphatic heterocycles. The highest BCUT2D eigenvalue weighted by atomic mass is 16.5. The van der Waals surface area contributed by atoms with E-state index >= 15 is 0 Å². The lowest BCUT2D eigenvalue weighted by Crippen LogP contribution is -2.46. The Morgan fingerprint density at radius 1 is 0.971 bits per heavy atom. The van der Waals surface area contributed by atoms with Crippen molar-refractivity contribution < 1.29 is 29.0 Å². The predicted molar refractivity (Wildman–Crippen MR) is 125 cm³/mol. The zero-order valence-corrected chi connectivity index (χ0v) is 19.2. The number of benzene rings is 2. The van der Waals surface area contributed by atoms with Gasteiger partial charge >= 0.3 is 12.1 Å². The summed E-state index contributed by atoms with van der Waals surface area (Å²) in [7, 11) is 1.36. The summed E-state index contributed by atoms with van der Waals surface area (Å²) >= 11 is 0. The molecule has 2 atom stereocenters. The molecule has 4 rings (SSSR count). The van der Waals surface area contributed by atoms with Crippen LogP contribution in [0, 0.1) is 11.8 Å². The Balaban J connectivity index is 1.26. The van der Waals surface area contributed by atoms with E-state index in [2.05, 4.69) is 22.8 Å². The van der Waals surface area contributed by atoms with E-state index in [1.54, 1.807) is 0 Å². The number of ether oxygens (including phenoxy) is 2. The number of rotatable bonds is 11. The summed E-state index contributed by atoms with van der Waals surface area (Å²) in [5.74, 6) is -1.63. The average Bonchev–Trinajstić information content (AvgIpc) is 3.61. The molecule has 2 aromatic rings. The number of aliphatic carboxylic acids is 1. The lowest BCUT2D eigenvalue weighted by molar-refractivity contribution is -0.142. The van der Waals surface area contributed by atoms with E-state index in [1.165, 1.54) is 7.11 Å². The maximum Gasteiger partial charge on any atom is 0.407 e. The van der Waals surface area contributed by atoms with Crippen molar-refractivity contribution in [1.82, 2.24) is 10.6 Å². The molecule has 0 heterocycles. The molecule has 3 N–H and O–H groups in total. The summed E-state index contributed by atoms with van der Waals surface area (Å²) < 4.78 is 10.7. The number of hydrogen-bond acceptors (Lipinski definition) is 5. The van der Waals surface area contributed by atoms with Crippen LogP contribution in [0.3, 0.4) is 0 Å². The van der Waals surface area contributed by atoms with Gasteiger partial charge in [-0.3, -0.25) is 9.59 Å². The first kappa shape index (κ1) is 23.8. The summed E-state index contributed by atoms with van der Waals surface area (Å²) in [6.07, 6.45) is 1.06. The third-order valence-corrected chi connectivity index (χ3v) is 6.54. The lowest BCUT2D eigenvalue weighted by Gasteiger charge is -2.19. The lowest BCUT2D eigenvalue weighted by atomic mass is 9.98. The highest BCUT2D eigenvalue weighted by Gasteiger charge is 2.31. The molecule has 0 bridgehead atoms. The molecule has 34 heavy (non-hydrogen) atoms. The van der Waals surface area contributed by atoms with Gasteiger partial charge < -0.3 is 25.2 Å². The van der Waals surface area contributed by atoms with E-state index in [9.17, 15) is 19.5 Å². The van der Waals surface area contributed by atoms with Crippen LogP contribution in [0.5, 0.6) is 0 Å². The van der Waals surface area contributed by atoms with Crippen molar-refractivity contribution in [1.29, 1.82) is 0 Å². The van der Waals surface area contributed by atoms with Gasteiger partial charge in [0.05, 0.1) is 12.5 Å². The van der Waals surface area contributed by atoms with Crippen molar-refractivity contribution >= 4 is 18.0 Å². The van der Waals surface area contributed by atoms with Crippen LogP contribution in [-0.4, -0.2) is 56.0 Å². The maximum absolute atomic E-state index is 12.4. The Morgan fingerprint density at radius 2 is 1.59 bits per heavy atom. The molecule has 1 saturated carbocycles. The van der Waals surface area contributed by atoms with Crippen molar-refractivity contribution in [3.63, 3.8) is 0 Å². The first-order valence-corrected chi connectivity index (χ1v) is 11.6. The van der Waals surface area contributed by atoms with Crippen LogP contribution in [0.15, 0.2) is 48.5 Å². The van der Waals surface area contributed by atoms with Gasteiger partial charge in [0.25, 0.3) is 5.91 Å². The molecule has 2 aromatic carbocycles. The van der Waals surface area contributed by atoms with E-state index < -0.39 is 30.0 Å². The first-order chi connectivity index (χ1) is 16.5. The minimum absolute atomic E-state index is 0.0372. The van der Waals surface area contributed by atoms with E-state index in [0.29, 0.717) is 12.3 Å². The number of fused-ring (bicyclic) bond motifs is 3. The standard InChI is InChI=1S/C26H30N2O6/c1-33-23(24(29)27-13-17(25(30)31)12-16-10-11-16)14-28-26(32)34-15-22-20-8-4-2-6-18(20)19-7-3-5-9-21(19)22/h2-9,16-17,22-23H,10-15H2,1H3,(H,27,29)(H,28,32)(H,30,31). The van der Waals surface area contributed by atoms with Gasteiger partial charge in [-0.05, 0) is 34.6 Å². The van der Waals surface area contributed by atoms with Crippen molar-refractivity contribution in [2.45, 2.75) is 31.3 Å². The van der Waals surface area contributed by atoms with Crippen molar-refractivity contribution in [2.75, 3.05) is 26.8 Å². The van der Waals surface area contributed by atoms with E-state index in [-0.39, 0.29) is 25.6 Å². The fourth-order valence-corrected chi connectivity index (χ4v) is 4.47. The Kier molecular flexibility index (Phi) is 7.47. The Labute approximate surface area is 198 Å². The second-order valence-electron chi connectivity index (χ2n) is 8.89. The topological polar surface area (TPSA) is 114 Å². The van der Waals surface area contributed by atoms with Crippen LogP contribution in [0.1, 0.15) is 36.3 Å². The number of carbonyl (C=O) groups is 3. The SMILES string of the molecule is COC(CNC(=O)OCC1c2ccccc2-c2ccccc21)C(=O)NCC(CC1CC1)C(=O)O. The van der Waals surface area contributed by atoms with E-state index in [0.717, 1.165) is 35.1 Å². The summed E-state index contributed by atoms with van der Waals surface area (Å²) in [4.78, 5) is 36.2. The smallest absolute Gasteiger partial charge is 0.407 e. The third-order valence-electron chi connectivity index (χ3n) is 6.54. The van der Waals surface area contributed by atoms with Gasteiger partial charge in [-0.15, -0.1) is 0 Å². The number of amides is 2. The Morgan fingerprint density at radius 3 is 2.15 bits per heavy atom. The molecule has 2 aliphatic rings. The van der Waals surface area contributed by atoms with Crippen molar-refractivity contribution in [3.05, 3.63) is 59.7 Å². The molecule has 2 amide bonds. The van der Waals surface area contributed by atoms with Gasteiger partial charge in [-0.2, -0.15) is 0 Å². The molecule has 1 fully saturated rings.